The smallest absolute Gasteiger partial charge is 0.204 e. The molecule has 2 atom stereocenters. The van der Waals surface area contributed by atoms with Crippen molar-refractivity contribution in [3.63, 3.8) is 0 Å². The first-order valence-corrected chi connectivity index (χ1v) is 6.46. The first-order valence-electron chi connectivity index (χ1n) is 6.46. The van der Waals surface area contributed by atoms with E-state index in [1.165, 1.54) is 11.1 Å². The number of Topliss-reactive ketones (excluding diaryl/α,β-unsaturated/α-hetero) is 1. The Bertz CT molecular complexity index is 465. The zero-order valence-electron chi connectivity index (χ0n) is 11.2. The van der Waals surface area contributed by atoms with Gasteiger partial charge in [-0.25, -0.2) is 0 Å². The topological polar surface area (TPSA) is 46.5 Å². The van der Waals surface area contributed by atoms with Crippen LogP contribution < -0.4 is 4.74 Å². The standard InChI is InChI=1S/C15H20O3/c1-9-7-13-11(3)15(17)18-14(13)8-12(9)6-4-5-10(2)16/h7-8,11,15,17H,4-6H2,1-3H3/t11-,15+/m1/s1. The molecule has 1 aromatic rings. The molecule has 1 aromatic carbocycles. The van der Waals surface area contributed by atoms with Gasteiger partial charge < -0.3 is 14.6 Å². The van der Waals surface area contributed by atoms with Crippen LogP contribution >= 0.6 is 0 Å². The molecule has 0 amide bonds. The van der Waals surface area contributed by atoms with Crippen molar-refractivity contribution in [2.24, 2.45) is 0 Å². The number of aliphatic hydroxyl groups is 1. The molecule has 0 radical (unpaired) electrons. The second-order valence-corrected chi connectivity index (χ2v) is 5.17. The second-order valence-electron chi connectivity index (χ2n) is 5.17. The lowest BCUT2D eigenvalue weighted by Gasteiger charge is -2.09. The fourth-order valence-corrected chi connectivity index (χ4v) is 2.39. The molecule has 0 saturated heterocycles. The number of hydrogen-bond donors (Lipinski definition) is 1. The van der Waals surface area contributed by atoms with Crippen LogP contribution in [0.15, 0.2) is 12.1 Å². The monoisotopic (exact) mass is 248 g/mol. The molecule has 0 saturated carbocycles. The summed E-state index contributed by atoms with van der Waals surface area (Å²) in [5.41, 5.74) is 3.49. The summed E-state index contributed by atoms with van der Waals surface area (Å²) < 4.78 is 5.43. The van der Waals surface area contributed by atoms with Crippen LogP contribution in [-0.4, -0.2) is 17.2 Å². The van der Waals surface area contributed by atoms with E-state index >= 15 is 0 Å². The quantitative estimate of drug-likeness (QED) is 0.891. The lowest BCUT2D eigenvalue weighted by molar-refractivity contribution is -0.117. The van der Waals surface area contributed by atoms with Crippen LogP contribution in [0.25, 0.3) is 0 Å². The van der Waals surface area contributed by atoms with E-state index < -0.39 is 6.29 Å². The molecule has 1 N–H and O–H groups in total. The number of ether oxygens (including phenoxy) is 1. The maximum Gasteiger partial charge on any atom is 0.204 e. The maximum atomic E-state index is 10.9. The Morgan fingerprint density at radius 1 is 1.44 bits per heavy atom. The number of carbonyl (C=O) groups is 1. The number of benzene rings is 1. The number of hydrogen-bond acceptors (Lipinski definition) is 3. The van der Waals surface area contributed by atoms with Crippen LogP contribution in [0.2, 0.25) is 0 Å². The van der Waals surface area contributed by atoms with Gasteiger partial charge in [0.25, 0.3) is 0 Å². The molecule has 2 rings (SSSR count). The summed E-state index contributed by atoms with van der Waals surface area (Å²) >= 11 is 0. The summed E-state index contributed by atoms with van der Waals surface area (Å²) in [6, 6.07) is 4.11. The third kappa shape index (κ3) is 2.56. The zero-order valence-corrected chi connectivity index (χ0v) is 11.2. The van der Waals surface area contributed by atoms with Gasteiger partial charge in [-0.2, -0.15) is 0 Å². The fourth-order valence-electron chi connectivity index (χ4n) is 2.39. The third-order valence-corrected chi connectivity index (χ3v) is 3.61. The van der Waals surface area contributed by atoms with Crippen LogP contribution in [0, 0.1) is 6.92 Å². The normalized spacial score (nSPS) is 21.6. The van der Waals surface area contributed by atoms with Crippen LogP contribution in [0.1, 0.15) is 49.3 Å². The largest absolute Gasteiger partial charge is 0.464 e. The minimum absolute atomic E-state index is 0.0324. The van der Waals surface area contributed by atoms with Gasteiger partial charge in [0, 0.05) is 17.9 Å². The van der Waals surface area contributed by atoms with Crippen molar-refractivity contribution in [3.8, 4) is 5.75 Å². The molecule has 1 heterocycles. The van der Waals surface area contributed by atoms with Crippen LogP contribution in [0.5, 0.6) is 5.75 Å². The van der Waals surface area contributed by atoms with Gasteiger partial charge in [0.05, 0.1) is 0 Å². The summed E-state index contributed by atoms with van der Waals surface area (Å²) in [5, 5.41) is 9.68. The Morgan fingerprint density at radius 2 is 2.17 bits per heavy atom. The summed E-state index contributed by atoms with van der Waals surface area (Å²) in [7, 11) is 0. The second kappa shape index (κ2) is 5.11. The van der Waals surface area contributed by atoms with Crippen LogP contribution in [0.4, 0.5) is 0 Å². The summed E-state index contributed by atoms with van der Waals surface area (Å²) in [5.74, 6) is 1.05. The Kier molecular flexibility index (Phi) is 3.71. The first-order chi connectivity index (χ1) is 8.49. The van der Waals surface area contributed by atoms with Crippen molar-refractivity contribution in [1.82, 2.24) is 0 Å². The lowest BCUT2D eigenvalue weighted by atomic mass is 9.95. The SMILES string of the molecule is CC(=O)CCCc1cc2c(cc1C)[C@@H](C)[C@@H](O)O2. The van der Waals surface area contributed by atoms with Gasteiger partial charge in [0.15, 0.2) is 0 Å². The van der Waals surface area contributed by atoms with E-state index in [0.717, 1.165) is 24.2 Å². The van der Waals surface area contributed by atoms with Gasteiger partial charge in [-0.1, -0.05) is 13.0 Å². The van der Waals surface area contributed by atoms with E-state index in [2.05, 4.69) is 13.0 Å². The predicted octanol–water partition coefficient (Wildman–Crippen LogP) is 2.72. The van der Waals surface area contributed by atoms with Crippen molar-refractivity contribution in [2.75, 3.05) is 0 Å². The molecule has 0 fully saturated rings. The van der Waals surface area contributed by atoms with Crippen LogP contribution in [0.3, 0.4) is 0 Å². The van der Waals surface area contributed by atoms with Gasteiger partial charge in [0.1, 0.15) is 11.5 Å². The fraction of sp³-hybridized carbons (Fsp3) is 0.533. The molecule has 0 spiro atoms. The molecule has 0 unspecified atom stereocenters. The molecule has 0 aromatic heterocycles. The molecule has 0 bridgehead atoms. The molecule has 1 aliphatic heterocycles. The summed E-state index contributed by atoms with van der Waals surface area (Å²) in [6.07, 6.45) is 1.64. The Morgan fingerprint density at radius 3 is 2.83 bits per heavy atom. The van der Waals surface area contributed by atoms with E-state index in [0.29, 0.717) is 6.42 Å². The highest BCUT2D eigenvalue weighted by Crippen LogP contribution is 2.38. The number of rotatable bonds is 4. The van der Waals surface area contributed by atoms with E-state index in [1.54, 1.807) is 6.92 Å². The van der Waals surface area contributed by atoms with E-state index in [9.17, 15) is 9.90 Å². The van der Waals surface area contributed by atoms with Crippen LogP contribution in [-0.2, 0) is 11.2 Å². The predicted molar refractivity (Wildman–Crippen MR) is 69.8 cm³/mol. The minimum Gasteiger partial charge on any atom is -0.464 e. The van der Waals surface area contributed by atoms with Crippen molar-refractivity contribution in [1.29, 1.82) is 0 Å². The Hall–Kier alpha value is -1.35. The van der Waals surface area contributed by atoms with Gasteiger partial charge in [-0.15, -0.1) is 0 Å². The molecule has 3 heteroatoms. The zero-order chi connectivity index (χ0) is 13.3. The Balaban J connectivity index is 2.14. The molecule has 1 aliphatic rings. The highest BCUT2D eigenvalue weighted by molar-refractivity contribution is 5.75. The number of aryl methyl sites for hydroxylation is 2. The molecule has 18 heavy (non-hydrogen) atoms. The lowest BCUT2D eigenvalue weighted by Crippen LogP contribution is -2.14. The van der Waals surface area contributed by atoms with E-state index in [4.69, 9.17) is 4.74 Å². The van der Waals surface area contributed by atoms with Gasteiger partial charge in [-0.3, -0.25) is 0 Å². The third-order valence-electron chi connectivity index (χ3n) is 3.61. The van der Waals surface area contributed by atoms with Gasteiger partial charge in [-0.05, 0) is 43.9 Å². The summed E-state index contributed by atoms with van der Waals surface area (Å²) in [6.45, 7) is 5.66. The highest BCUT2D eigenvalue weighted by atomic mass is 16.6. The number of carbonyl (C=O) groups excluding carboxylic acids is 1. The molecule has 0 aliphatic carbocycles. The molecular formula is C15H20O3. The van der Waals surface area contributed by atoms with Gasteiger partial charge in [0.2, 0.25) is 6.29 Å². The highest BCUT2D eigenvalue weighted by Gasteiger charge is 2.29. The van der Waals surface area contributed by atoms with Crippen molar-refractivity contribution < 1.29 is 14.6 Å². The van der Waals surface area contributed by atoms with Crippen molar-refractivity contribution in [3.05, 3.63) is 28.8 Å². The van der Waals surface area contributed by atoms with E-state index in [-0.39, 0.29) is 11.7 Å². The molecular weight excluding hydrogens is 228 g/mol. The minimum atomic E-state index is -0.730. The van der Waals surface area contributed by atoms with Crippen molar-refractivity contribution in [2.45, 2.75) is 52.2 Å². The number of aliphatic hydroxyl groups excluding tert-OH is 1. The van der Waals surface area contributed by atoms with E-state index in [1.807, 2.05) is 13.0 Å². The molecule has 98 valence electrons. The summed E-state index contributed by atoms with van der Waals surface area (Å²) in [4.78, 5) is 10.9. The van der Waals surface area contributed by atoms with Gasteiger partial charge >= 0.3 is 0 Å². The number of ketones is 1. The first kappa shape index (κ1) is 13.1. The average molecular weight is 248 g/mol. The molecule has 3 nitrogen and oxygen atoms in total. The maximum absolute atomic E-state index is 10.9. The average Bonchev–Trinajstić information content (AvgIpc) is 2.55. The van der Waals surface area contributed by atoms with Crippen molar-refractivity contribution >= 4 is 5.78 Å². The Labute approximate surface area is 108 Å². The number of fused-ring (bicyclic) bond motifs is 1.